The zero-order valence-corrected chi connectivity index (χ0v) is 10.1. The summed E-state index contributed by atoms with van der Waals surface area (Å²) in [5.74, 6) is 0.512. The van der Waals surface area contributed by atoms with Gasteiger partial charge in [-0.1, -0.05) is 44.2 Å². The van der Waals surface area contributed by atoms with E-state index < -0.39 is 0 Å². The first-order chi connectivity index (χ1) is 8.20. The van der Waals surface area contributed by atoms with Crippen molar-refractivity contribution in [3.63, 3.8) is 0 Å². The molecule has 17 heavy (non-hydrogen) atoms. The maximum Gasteiger partial charge on any atom is 0.153 e. The number of hydrogen-bond donors (Lipinski definition) is 0. The van der Waals surface area contributed by atoms with Gasteiger partial charge in [-0.15, -0.1) is 0 Å². The molecule has 1 aromatic carbocycles. The molecule has 0 atom stereocenters. The summed E-state index contributed by atoms with van der Waals surface area (Å²) in [4.78, 5) is 11.0. The van der Waals surface area contributed by atoms with Gasteiger partial charge < -0.3 is 0 Å². The van der Waals surface area contributed by atoms with Crippen molar-refractivity contribution in [1.29, 1.82) is 0 Å². The van der Waals surface area contributed by atoms with Crippen LogP contribution in [0.3, 0.4) is 0 Å². The van der Waals surface area contributed by atoms with Gasteiger partial charge in [0, 0.05) is 18.3 Å². The van der Waals surface area contributed by atoms with Gasteiger partial charge in [-0.25, -0.2) is 0 Å². The van der Waals surface area contributed by atoms with Gasteiger partial charge in [-0.05, 0) is 5.92 Å². The smallest absolute Gasteiger partial charge is 0.153 e. The van der Waals surface area contributed by atoms with E-state index in [-0.39, 0.29) is 0 Å². The summed E-state index contributed by atoms with van der Waals surface area (Å²) in [6, 6.07) is 9.79. The van der Waals surface area contributed by atoms with Crippen LogP contribution in [0, 0.1) is 5.92 Å². The van der Waals surface area contributed by atoms with Crippen molar-refractivity contribution >= 4 is 6.29 Å². The highest BCUT2D eigenvalue weighted by atomic mass is 16.1. The van der Waals surface area contributed by atoms with Gasteiger partial charge in [0.1, 0.15) is 5.69 Å². The molecule has 0 unspecified atom stereocenters. The minimum atomic E-state index is 0.512. The third kappa shape index (κ3) is 2.61. The molecule has 0 N–H and O–H groups in total. The van der Waals surface area contributed by atoms with Crippen LogP contribution in [0.25, 0.3) is 11.3 Å². The van der Waals surface area contributed by atoms with Crippen LogP contribution in [0.1, 0.15) is 24.2 Å². The molecule has 1 aromatic heterocycles. The van der Waals surface area contributed by atoms with Gasteiger partial charge in [0.15, 0.2) is 6.29 Å². The average molecular weight is 228 g/mol. The lowest BCUT2D eigenvalue weighted by molar-refractivity contribution is 0.112. The Balaban J connectivity index is 2.40. The summed E-state index contributed by atoms with van der Waals surface area (Å²) in [6.45, 7) is 5.09. The Morgan fingerprint density at radius 1 is 1.29 bits per heavy atom. The van der Waals surface area contributed by atoms with Crippen molar-refractivity contribution in [2.24, 2.45) is 5.92 Å². The van der Waals surface area contributed by atoms with Gasteiger partial charge in [0.25, 0.3) is 0 Å². The van der Waals surface area contributed by atoms with Crippen molar-refractivity contribution < 1.29 is 4.79 Å². The van der Waals surface area contributed by atoms with E-state index in [0.717, 1.165) is 24.1 Å². The van der Waals surface area contributed by atoms with E-state index in [9.17, 15) is 4.79 Å². The van der Waals surface area contributed by atoms with Crippen molar-refractivity contribution in [2.45, 2.75) is 20.4 Å². The molecule has 0 amide bonds. The molecule has 0 saturated heterocycles. The number of rotatable bonds is 4. The molecule has 0 aliphatic heterocycles. The zero-order valence-electron chi connectivity index (χ0n) is 10.1. The summed E-state index contributed by atoms with van der Waals surface area (Å²) in [6.07, 6.45) is 2.68. The minimum absolute atomic E-state index is 0.512. The van der Waals surface area contributed by atoms with E-state index in [0.29, 0.717) is 11.5 Å². The molecule has 0 bridgehead atoms. The van der Waals surface area contributed by atoms with Gasteiger partial charge in [-0.3, -0.25) is 9.48 Å². The molecular weight excluding hydrogens is 212 g/mol. The van der Waals surface area contributed by atoms with Gasteiger partial charge in [0.05, 0.1) is 5.56 Å². The highest BCUT2D eigenvalue weighted by Gasteiger charge is 2.10. The Morgan fingerprint density at radius 3 is 2.59 bits per heavy atom. The Kier molecular flexibility index (Phi) is 3.38. The summed E-state index contributed by atoms with van der Waals surface area (Å²) in [7, 11) is 0. The first-order valence-corrected chi connectivity index (χ1v) is 5.78. The second-order valence-corrected chi connectivity index (χ2v) is 4.53. The van der Waals surface area contributed by atoms with E-state index in [4.69, 9.17) is 0 Å². The standard InChI is InChI=1S/C14H16N2O/c1-11(2)8-16-9-13(10-17)14(15-16)12-6-4-3-5-7-12/h3-7,9-11H,8H2,1-2H3. The third-order valence-corrected chi connectivity index (χ3v) is 2.52. The van der Waals surface area contributed by atoms with Crippen LogP contribution < -0.4 is 0 Å². The Labute approximate surface area is 101 Å². The van der Waals surface area contributed by atoms with Crippen molar-refractivity contribution in [3.8, 4) is 11.3 Å². The van der Waals surface area contributed by atoms with Crippen LogP contribution in [0.15, 0.2) is 36.5 Å². The second kappa shape index (κ2) is 4.95. The van der Waals surface area contributed by atoms with Crippen LogP contribution in [0.4, 0.5) is 0 Å². The monoisotopic (exact) mass is 228 g/mol. The maximum absolute atomic E-state index is 11.0. The fourth-order valence-electron chi connectivity index (χ4n) is 1.81. The number of aldehydes is 1. The molecule has 0 saturated carbocycles. The Hall–Kier alpha value is -1.90. The fourth-order valence-corrected chi connectivity index (χ4v) is 1.81. The summed E-state index contributed by atoms with van der Waals surface area (Å²) < 4.78 is 1.84. The molecule has 0 aliphatic rings. The van der Waals surface area contributed by atoms with Crippen LogP contribution in [0.5, 0.6) is 0 Å². The predicted octanol–water partition coefficient (Wildman–Crippen LogP) is 3.02. The van der Waals surface area contributed by atoms with E-state index in [2.05, 4.69) is 18.9 Å². The topological polar surface area (TPSA) is 34.9 Å². The lowest BCUT2D eigenvalue weighted by Crippen LogP contribution is -2.04. The fraction of sp³-hybridized carbons (Fsp3) is 0.286. The first-order valence-electron chi connectivity index (χ1n) is 5.78. The number of hydrogen-bond acceptors (Lipinski definition) is 2. The number of carbonyl (C=O) groups excluding carboxylic acids is 1. The molecule has 0 spiro atoms. The van der Waals surface area contributed by atoms with E-state index >= 15 is 0 Å². The largest absolute Gasteiger partial charge is 0.298 e. The molecule has 3 heteroatoms. The third-order valence-electron chi connectivity index (χ3n) is 2.52. The molecular formula is C14H16N2O. The zero-order chi connectivity index (χ0) is 12.3. The predicted molar refractivity (Wildman–Crippen MR) is 67.9 cm³/mol. The van der Waals surface area contributed by atoms with Crippen LogP contribution >= 0.6 is 0 Å². The van der Waals surface area contributed by atoms with Crippen molar-refractivity contribution in [3.05, 3.63) is 42.1 Å². The van der Waals surface area contributed by atoms with E-state index in [1.54, 1.807) is 0 Å². The molecule has 2 aromatic rings. The van der Waals surface area contributed by atoms with E-state index in [1.807, 2.05) is 41.2 Å². The first kappa shape index (κ1) is 11.6. The second-order valence-electron chi connectivity index (χ2n) is 4.53. The lowest BCUT2D eigenvalue weighted by Gasteiger charge is -2.03. The van der Waals surface area contributed by atoms with Crippen molar-refractivity contribution in [2.75, 3.05) is 0 Å². The molecule has 0 radical (unpaired) electrons. The van der Waals surface area contributed by atoms with Crippen LogP contribution in [-0.4, -0.2) is 16.1 Å². The van der Waals surface area contributed by atoms with Crippen LogP contribution in [0.2, 0.25) is 0 Å². The SMILES string of the molecule is CC(C)Cn1cc(C=O)c(-c2ccccc2)n1. The number of carbonyl (C=O) groups is 1. The van der Waals surface area contributed by atoms with E-state index in [1.165, 1.54) is 0 Å². The van der Waals surface area contributed by atoms with Crippen molar-refractivity contribution in [1.82, 2.24) is 9.78 Å². The highest BCUT2D eigenvalue weighted by molar-refractivity contribution is 5.85. The summed E-state index contributed by atoms with van der Waals surface area (Å²) >= 11 is 0. The number of nitrogens with zero attached hydrogens (tertiary/aromatic N) is 2. The van der Waals surface area contributed by atoms with Gasteiger partial charge in [0.2, 0.25) is 0 Å². The van der Waals surface area contributed by atoms with Crippen LogP contribution in [-0.2, 0) is 6.54 Å². The Bertz CT molecular complexity index is 500. The molecule has 3 nitrogen and oxygen atoms in total. The molecule has 2 rings (SSSR count). The summed E-state index contributed by atoms with van der Waals surface area (Å²) in [5, 5.41) is 4.48. The lowest BCUT2D eigenvalue weighted by atomic mass is 10.1. The number of aromatic nitrogens is 2. The Morgan fingerprint density at radius 2 is 2.00 bits per heavy atom. The normalized spacial score (nSPS) is 10.8. The summed E-state index contributed by atoms with van der Waals surface area (Å²) in [5.41, 5.74) is 2.40. The highest BCUT2D eigenvalue weighted by Crippen LogP contribution is 2.20. The molecule has 1 heterocycles. The minimum Gasteiger partial charge on any atom is -0.298 e. The average Bonchev–Trinajstić information content (AvgIpc) is 2.72. The molecule has 88 valence electrons. The maximum atomic E-state index is 11.0. The quantitative estimate of drug-likeness (QED) is 0.754. The van der Waals surface area contributed by atoms with Gasteiger partial charge >= 0.3 is 0 Å². The molecule has 0 aliphatic carbocycles. The van der Waals surface area contributed by atoms with Gasteiger partial charge in [-0.2, -0.15) is 5.10 Å². The molecule has 0 fully saturated rings. The number of benzene rings is 1.